The Morgan fingerprint density at radius 3 is 1.75 bits per heavy atom. The zero-order valence-corrected chi connectivity index (χ0v) is 7.62. The Hall–Kier alpha value is -0.620. The molecular weight excluding hydrogens is 162 g/mol. The van der Waals surface area contributed by atoms with Crippen LogP contribution >= 0.6 is 0 Å². The van der Waals surface area contributed by atoms with Gasteiger partial charge in [-0.2, -0.15) is 0 Å². The van der Waals surface area contributed by atoms with E-state index < -0.39 is 19.0 Å². The summed E-state index contributed by atoms with van der Waals surface area (Å²) in [6, 6.07) is 0. The predicted octanol–water partition coefficient (Wildman–Crippen LogP) is 1.71. The highest BCUT2D eigenvalue weighted by Crippen LogP contribution is 2.12. The maximum atomic E-state index is 12.0. The van der Waals surface area contributed by atoms with Crippen molar-refractivity contribution in [3.8, 4) is 11.8 Å². The summed E-state index contributed by atoms with van der Waals surface area (Å²) in [7, 11) is 0. The van der Waals surface area contributed by atoms with Crippen LogP contribution in [0.25, 0.3) is 0 Å². The van der Waals surface area contributed by atoms with E-state index in [1.807, 2.05) is 0 Å². The average molecular weight is 176 g/mol. The Kier molecular flexibility index (Phi) is 3.66. The normalized spacial score (nSPS) is 12.2. The lowest BCUT2D eigenvalue weighted by Gasteiger charge is -2.14. The Balaban J connectivity index is 4.46. The first kappa shape index (κ1) is 11.4. The predicted molar refractivity (Wildman–Crippen MR) is 44.1 cm³/mol. The van der Waals surface area contributed by atoms with Gasteiger partial charge in [0.25, 0.3) is 0 Å². The van der Waals surface area contributed by atoms with Crippen LogP contribution in [-0.4, -0.2) is 24.1 Å². The fourth-order valence-electron chi connectivity index (χ4n) is 0.406. The lowest BCUT2D eigenvalue weighted by molar-refractivity contribution is 0.0463. The molecule has 0 aliphatic heterocycles. The van der Waals surface area contributed by atoms with Gasteiger partial charge in [0, 0.05) is 5.41 Å². The number of alkyl halides is 2. The van der Waals surface area contributed by atoms with Crippen molar-refractivity contribution in [3.05, 3.63) is 0 Å². The van der Waals surface area contributed by atoms with Crippen LogP contribution in [-0.2, 0) is 0 Å². The number of rotatable bonds is 2. The van der Waals surface area contributed by atoms with Crippen molar-refractivity contribution >= 4 is 0 Å². The third-order valence-electron chi connectivity index (χ3n) is 1.11. The van der Waals surface area contributed by atoms with E-state index in [2.05, 4.69) is 11.8 Å². The molecule has 0 rings (SSSR count). The lowest BCUT2D eigenvalue weighted by atomic mass is 9.96. The summed E-state index contributed by atoms with van der Waals surface area (Å²) >= 11 is 0. The summed E-state index contributed by atoms with van der Waals surface area (Å²) in [4.78, 5) is 0. The molecule has 0 bridgehead atoms. The number of hydrogen-bond donors (Lipinski definition) is 1. The van der Waals surface area contributed by atoms with Gasteiger partial charge in [0.05, 0.1) is 0 Å². The summed E-state index contributed by atoms with van der Waals surface area (Å²) in [5.41, 5.74) is -2.45. The first-order valence-electron chi connectivity index (χ1n) is 3.72. The van der Waals surface area contributed by atoms with Gasteiger partial charge in [0.1, 0.15) is 13.3 Å². The van der Waals surface area contributed by atoms with E-state index in [4.69, 9.17) is 5.11 Å². The molecule has 1 nitrogen and oxygen atoms in total. The zero-order valence-electron chi connectivity index (χ0n) is 7.62. The van der Waals surface area contributed by atoms with Crippen LogP contribution in [0, 0.1) is 17.3 Å². The van der Waals surface area contributed by atoms with Crippen LogP contribution in [0.15, 0.2) is 0 Å². The largest absolute Gasteiger partial charge is 0.373 e. The molecule has 3 heteroatoms. The van der Waals surface area contributed by atoms with Crippen LogP contribution < -0.4 is 0 Å². The molecule has 0 spiro atoms. The fourth-order valence-corrected chi connectivity index (χ4v) is 0.406. The van der Waals surface area contributed by atoms with Gasteiger partial charge in [-0.1, -0.05) is 11.8 Å². The maximum absolute atomic E-state index is 12.0. The van der Waals surface area contributed by atoms with Crippen molar-refractivity contribution in [2.45, 2.75) is 26.4 Å². The standard InChI is InChI=1S/C9H14F2O/c1-8(2,3)4-5-9(12,6-10)7-11/h12H,6-7H2,1-3H3. The molecule has 12 heavy (non-hydrogen) atoms. The first-order valence-corrected chi connectivity index (χ1v) is 3.72. The maximum Gasteiger partial charge on any atom is 0.182 e. The van der Waals surface area contributed by atoms with Crippen LogP contribution in [0.4, 0.5) is 8.78 Å². The van der Waals surface area contributed by atoms with Crippen molar-refractivity contribution in [2.24, 2.45) is 5.41 Å². The van der Waals surface area contributed by atoms with Crippen molar-refractivity contribution in [1.29, 1.82) is 0 Å². The molecule has 0 aromatic rings. The fraction of sp³-hybridized carbons (Fsp3) is 0.778. The Labute approximate surface area is 71.8 Å². The van der Waals surface area contributed by atoms with Gasteiger partial charge in [0.2, 0.25) is 0 Å². The molecule has 0 saturated carbocycles. The Bertz CT molecular complexity index is 191. The highest BCUT2D eigenvalue weighted by atomic mass is 19.1. The van der Waals surface area contributed by atoms with Crippen LogP contribution in [0.2, 0.25) is 0 Å². The molecule has 0 fully saturated rings. The van der Waals surface area contributed by atoms with Crippen molar-refractivity contribution in [3.63, 3.8) is 0 Å². The molecule has 0 heterocycles. The monoisotopic (exact) mass is 176 g/mol. The van der Waals surface area contributed by atoms with E-state index in [-0.39, 0.29) is 5.41 Å². The van der Waals surface area contributed by atoms with E-state index in [9.17, 15) is 8.78 Å². The van der Waals surface area contributed by atoms with Gasteiger partial charge in [-0.25, -0.2) is 8.78 Å². The molecule has 1 N–H and O–H groups in total. The average Bonchev–Trinajstić information content (AvgIpc) is 1.99. The van der Waals surface area contributed by atoms with Gasteiger partial charge in [-0.3, -0.25) is 0 Å². The van der Waals surface area contributed by atoms with Crippen molar-refractivity contribution in [2.75, 3.05) is 13.3 Å². The third-order valence-corrected chi connectivity index (χ3v) is 1.11. The molecule has 0 aliphatic carbocycles. The Morgan fingerprint density at radius 1 is 1.08 bits per heavy atom. The molecule has 0 radical (unpaired) electrons. The molecular formula is C9H14F2O. The number of hydrogen-bond acceptors (Lipinski definition) is 1. The van der Waals surface area contributed by atoms with Crippen LogP contribution in [0.1, 0.15) is 20.8 Å². The molecule has 0 aliphatic rings. The van der Waals surface area contributed by atoms with Crippen LogP contribution in [0.3, 0.4) is 0 Å². The second-order valence-electron chi connectivity index (χ2n) is 3.80. The number of aliphatic hydroxyl groups is 1. The SMILES string of the molecule is CC(C)(C)C#CC(O)(CF)CF. The summed E-state index contributed by atoms with van der Waals surface area (Å²) in [6.07, 6.45) is 0. The summed E-state index contributed by atoms with van der Waals surface area (Å²) in [5.74, 6) is 4.78. The molecule has 0 atom stereocenters. The summed E-state index contributed by atoms with van der Waals surface area (Å²) in [5, 5.41) is 9.07. The minimum Gasteiger partial charge on any atom is -0.373 e. The van der Waals surface area contributed by atoms with E-state index >= 15 is 0 Å². The molecule has 0 aromatic heterocycles. The smallest absolute Gasteiger partial charge is 0.182 e. The second-order valence-corrected chi connectivity index (χ2v) is 3.80. The van der Waals surface area contributed by atoms with Crippen molar-refractivity contribution < 1.29 is 13.9 Å². The van der Waals surface area contributed by atoms with Gasteiger partial charge in [0.15, 0.2) is 5.60 Å². The second kappa shape index (κ2) is 3.86. The minimum absolute atomic E-state index is 0.349. The number of halogens is 2. The van der Waals surface area contributed by atoms with Crippen molar-refractivity contribution in [1.82, 2.24) is 0 Å². The molecule has 70 valence electrons. The highest BCUT2D eigenvalue weighted by molar-refractivity contribution is 5.17. The zero-order chi connectivity index (χ0) is 9.83. The minimum atomic E-state index is -2.10. The summed E-state index contributed by atoms with van der Waals surface area (Å²) < 4.78 is 24.0. The summed E-state index contributed by atoms with van der Waals surface area (Å²) in [6.45, 7) is 3.06. The van der Waals surface area contributed by atoms with E-state index in [1.54, 1.807) is 20.8 Å². The molecule has 0 saturated heterocycles. The molecule has 0 aromatic carbocycles. The van der Waals surface area contributed by atoms with Gasteiger partial charge < -0.3 is 5.11 Å². The van der Waals surface area contributed by atoms with E-state index in [0.29, 0.717) is 0 Å². The van der Waals surface area contributed by atoms with Gasteiger partial charge in [-0.15, -0.1) is 0 Å². The van der Waals surface area contributed by atoms with Gasteiger partial charge in [-0.05, 0) is 20.8 Å². The topological polar surface area (TPSA) is 20.2 Å². The van der Waals surface area contributed by atoms with Crippen LogP contribution in [0.5, 0.6) is 0 Å². The first-order chi connectivity index (χ1) is 5.33. The van der Waals surface area contributed by atoms with E-state index in [1.165, 1.54) is 0 Å². The van der Waals surface area contributed by atoms with Gasteiger partial charge >= 0.3 is 0 Å². The molecule has 0 amide bonds. The Morgan fingerprint density at radius 2 is 1.50 bits per heavy atom. The molecule has 0 unspecified atom stereocenters. The quantitative estimate of drug-likeness (QED) is 0.635. The highest BCUT2D eigenvalue weighted by Gasteiger charge is 2.24. The lowest BCUT2D eigenvalue weighted by Crippen LogP contribution is -2.32. The third kappa shape index (κ3) is 4.30. The van der Waals surface area contributed by atoms with E-state index in [0.717, 1.165) is 0 Å².